The number of nitrogens with one attached hydrogen (secondary N) is 2. The summed E-state index contributed by atoms with van der Waals surface area (Å²) in [6.45, 7) is 3.66. The van der Waals surface area contributed by atoms with Crippen molar-refractivity contribution in [3.8, 4) is 6.07 Å². The molecule has 1 aromatic carbocycles. The standard InChI is InChI=1S/C13H12N4O/c1-8-12(9(2)17-16-8)15-13(18)11-5-3-10(7-14)4-6-11/h3-6H,1-2H3,(H,15,18)(H,16,17). The molecule has 0 spiro atoms. The summed E-state index contributed by atoms with van der Waals surface area (Å²) in [6.07, 6.45) is 0. The number of aryl methyl sites for hydroxylation is 2. The normalized spacial score (nSPS) is 9.83. The molecule has 0 aliphatic heterocycles. The number of rotatable bonds is 2. The number of aromatic nitrogens is 2. The van der Waals surface area contributed by atoms with E-state index in [2.05, 4.69) is 15.5 Å². The molecule has 0 radical (unpaired) electrons. The predicted octanol–water partition coefficient (Wildman–Crippen LogP) is 2.15. The van der Waals surface area contributed by atoms with Crippen molar-refractivity contribution in [3.63, 3.8) is 0 Å². The van der Waals surface area contributed by atoms with Crippen LogP contribution < -0.4 is 5.32 Å². The molecular formula is C13H12N4O. The van der Waals surface area contributed by atoms with E-state index in [-0.39, 0.29) is 5.91 Å². The molecule has 0 fully saturated rings. The molecular weight excluding hydrogens is 228 g/mol. The van der Waals surface area contributed by atoms with E-state index in [0.29, 0.717) is 16.8 Å². The summed E-state index contributed by atoms with van der Waals surface area (Å²) in [7, 11) is 0. The first-order chi connectivity index (χ1) is 8.61. The van der Waals surface area contributed by atoms with Crippen LogP contribution in [0.3, 0.4) is 0 Å². The smallest absolute Gasteiger partial charge is 0.255 e. The highest BCUT2D eigenvalue weighted by molar-refractivity contribution is 6.04. The van der Waals surface area contributed by atoms with Gasteiger partial charge in [-0.2, -0.15) is 10.4 Å². The number of anilines is 1. The number of carbonyl (C=O) groups is 1. The molecule has 2 N–H and O–H groups in total. The molecule has 0 aliphatic rings. The largest absolute Gasteiger partial charge is 0.319 e. The molecule has 18 heavy (non-hydrogen) atoms. The van der Waals surface area contributed by atoms with Crippen LogP contribution in [0.4, 0.5) is 5.69 Å². The van der Waals surface area contributed by atoms with E-state index in [4.69, 9.17) is 5.26 Å². The highest BCUT2D eigenvalue weighted by Crippen LogP contribution is 2.17. The third-order valence-corrected chi connectivity index (χ3v) is 2.64. The van der Waals surface area contributed by atoms with Crippen molar-refractivity contribution < 1.29 is 4.79 Å². The number of benzene rings is 1. The zero-order valence-corrected chi connectivity index (χ0v) is 10.1. The van der Waals surface area contributed by atoms with Crippen LogP contribution in [0.2, 0.25) is 0 Å². The van der Waals surface area contributed by atoms with E-state index in [1.807, 2.05) is 19.9 Å². The Hall–Kier alpha value is -2.61. The van der Waals surface area contributed by atoms with Crippen LogP contribution in [-0.2, 0) is 0 Å². The Bertz CT molecular complexity index is 600. The zero-order chi connectivity index (χ0) is 13.1. The summed E-state index contributed by atoms with van der Waals surface area (Å²) >= 11 is 0. The molecule has 1 heterocycles. The minimum Gasteiger partial charge on any atom is -0.319 e. The van der Waals surface area contributed by atoms with Gasteiger partial charge in [-0.25, -0.2) is 0 Å². The zero-order valence-electron chi connectivity index (χ0n) is 10.1. The summed E-state index contributed by atoms with van der Waals surface area (Å²) in [5.41, 5.74) is 3.30. The third-order valence-electron chi connectivity index (χ3n) is 2.64. The van der Waals surface area contributed by atoms with Gasteiger partial charge < -0.3 is 5.32 Å². The van der Waals surface area contributed by atoms with Gasteiger partial charge in [-0.15, -0.1) is 0 Å². The first-order valence-corrected chi connectivity index (χ1v) is 5.45. The topological polar surface area (TPSA) is 81.6 Å². The van der Waals surface area contributed by atoms with Crippen LogP contribution in [0, 0.1) is 25.2 Å². The predicted molar refractivity (Wildman–Crippen MR) is 67.2 cm³/mol. The van der Waals surface area contributed by atoms with Gasteiger partial charge >= 0.3 is 0 Å². The quantitative estimate of drug-likeness (QED) is 0.843. The van der Waals surface area contributed by atoms with E-state index in [1.165, 1.54) is 0 Å². The van der Waals surface area contributed by atoms with Crippen LogP contribution in [0.5, 0.6) is 0 Å². The van der Waals surface area contributed by atoms with Gasteiger partial charge in [-0.3, -0.25) is 9.89 Å². The number of carbonyl (C=O) groups excluding carboxylic acids is 1. The van der Waals surface area contributed by atoms with Crippen LogP contribution >= 0.6 is 0 Å². The van der Waals surface area contributed by atoms with Gasteiger partial charge in [0, 0.05) is 5.56 Å². The lowest BCUT2D eigenvalue weighted by Gasteiger charge is -2.05. The number of nitrogens with zero attached hydrogens (tertiary/aromatic N) is 2. The summed E-state index contributed by atoms with van der Waals surface area (Å²) < 4.78 is 0. The van der Waals surface area contributed by atoms with Gasteiger partial charge in [-0.1, -0.05) is 0 Å². The Morgan fingerprint density at radius 1 is 1.33 bits per heavy atom. The summed E-state index contributed by atoms with van der Waals surface area (Å²) in [5.74, 6) is -0.216. The van der Waals surface area contributed by atoms with Crippen molar-refractivity contribution in [2.24, 2.45) is 0 Å². The lowest BCUT2D eigenvalue weighted by molar-refractivity contribution is 0.102. The average molecular weight is 240 g/mol. The van der Waals surface area contributed by atoms with Gasteiger partial charge in [0.05, 0.1) is 28.7 Å². The van der Waals surface area contributed by atoms with Gasteiger partial charge in [0.1, 0.15) is 0 Å². The summed E-state index contributed by atoms with van der Waals surface area (Å²) in [5, 5.41) is 18.3. The first kappa shape index (κ1) is 11.9. The number of hydrogen-bond acceptors (Lipinski definition) is 3. The molecule has 0 saturated heterocycles. The Kier molecular flexibility index (Phi) is 3.11. The molecule has 0 bridgehead atoms. The Balaban J connectivity index is 2.20. The van der Waals surface area contributed by atoms with Crippen molar-refractivity contribution in [1.29, 1.82) is 5.26 Å². The van der Waals surface area contributed by atoms with Crippen LogP contribution in [0.1, 0.15) is 27.3 Å². The van der Waals surface area contributed by atoms with Crippen molar-refractivity contribution in [2.45, 2.75) is 13.8 Å². The molecule has 0 aliphatic carbocycles. The van der Waals surface area contributed by atoms with Crippen molar-refractivity contribution in [3.05, 3.63) is 46.8 Å². The molecule has 1 amide bonds. The minimum atomic E-state index is -0.216. The second-order valence-corrected chi connectivity index (χ2v) is 3.95. The Labute approximate surface area is 104 Å². The van der Waals surface area contributed by atoms with Crippen molar-refractivity contribution >= 4 is 11.6 Å². The van der Waals surface area contributed by atoms with E-state index >= 15 is 0 Å². The maximum atomic E-state index is 12.0. The fraction of sp³-hybridized carbons (Fsp3) is 0.154. The maximum absolute atomic E-state index is 12.0. The highest BCUT2D eigenvalue weighted by atomic mass is 16.1. The summed E-state index contributed by atoms with van der Waals surface area (Å²) in [4.78, 5) is 12.0. The summed E-state index contributed by atoms with van der Waals surface area (Å²) in [6, 6.07) is 8.49. The number of nitriles is 1. The number of hydrogen-bond donors (Lipinski definition) is 2. The van der Waals surface area contributed by atoms with Gasteiger partial charge in [-0.05, 0) is 38.1 Å². The SMILES string of the molecule is Cc1n[nH]c(C)c1NC(=O)c1ccc(C#N)cc1. The molecule has 0 saturated carbocycles. The first-order valence-electron chi connectivity index (χ1n) is 5.45. The van der Waals surface area contributed by atoms with E-state index in [9.17, 15) is 4.79 Å². The highest BCUT2D eigenvalue weighted by Gasteiger charge is 2.11. The fourth-order valence-corrected chi connectivity index (χ4v) is 1.62. The lowest BCUT2D eigenvalue weighted by Crippen LogP contribution is -2.12. The maximum Gasteiger partial charge on any atom is 0.255 e. The van der Waals surface area contributed by atoms with Crippen molar-refractivity contribution in [2.75, 3.05) is 5.32 Å². The molecule has 90 valence electrons. The van der Waals surface area contributed by atoms with Gasteiger partial charge in [0.2, 0.25) is 0 Å². The number of H-pyrrole nitrogens is 1. The Morgan fingerprint density at radius 3 is 2.50 bits per heavy atom. The monoisotopic (exact) mass is 240 g/mol. The molecule has 5 nitrogen and oxygen atoms in total. The Morgan fingerprint density at radius 2 is 2.00 bits per heavy atom. The minimum absolute atomic E-state index is 0.216. The fourth-order valence-electron chi connectivity index (χ4n) is 1.62. The number of aromatic amines is 1. The number of amides is 1. The van der Waals surface area contributed by atoms with E-state index in [0.717, 1.165) is 11.4 Å². The molecule has 5 heteroatoms. The van der Waals surface area contributed by atoms with Crippen molar-refractivity contribution in [1.82, 2.24) is 10.2 Å². The van der Waals surface area contributed by atoms with E-state index < -0.39 is 0 Å². The molecule has 1 aromatic heterocycles. The third kappa shape index (κ3) is 2.23. The second kappa shape index (κ2) is 4.72. The lowest BCUT2D eigenvalue weighted by atomic mass is 10.1. The molecule has 0 unspecified atom stereocenters. The van der Waals surface area contributed by atoms with Gasteiger partial charge in [0.15, 0.2) is 0 Å². The van der Waals surface area contributed by atoms with Gasteiger partial charge in [0.25, 0.3) is 5.91 Å². The second-order valence-electron chi connectivity index (χ2n) is 3.95. The average Bonchev–Trinajstić information content (AvgIpc) is 2.70. The molecule has 2 aromatic rings. The van der Waals surface area contributed by atoms with Crippen LogP contribution in [0.25, 0.3) is 0 Å². The molecule has 2 rings (SSSR count). The van der Waals surface area contributed by atoms with Crippen LogP contribution in [-0.4, -0.2) is 16.1 Å². The van der Waals surface area contributed by atoms with E-state index in [1.54, 1.807) is 24.3 Å². The molecule has 0 atom stereocenters. The van der Waals surface area contributed by atoms with Crippen LogP contribution in [0.15, 0.2) is 24.3 Å².